The van der Waals surface area contributed by atoms with E-state index in [4.69, 9.17) is 16.4 Å². The highest BCUT2D eigenvalue weighted by atomic mass is 35.5. The molecule has 1 aromatic heterocycles. The molecule has 0 amide bonds. The second-order valence-electron chi connectivity index (χ2n) is 5.33. The van der Waals surface area contributed by atoms with Crippen molar-refractivity contribution in [3.05, 3.63) is 46.6 Å². The largest absolute Gasteiger partial charge is 0.399 e. The highest BCUT2D eigenvalue weighted by molar-refractivity contribution is 6.30. The molecular formula is C16H16ClN3O. The average molecular weight is 302 g/mol. The molecule has 0 fully saturated rings. The van der Waals surface area contributed by atoms with Gasteiger partial charge in [-0.3, -0.25) is 0 Å². The zero-order valence-electron chi connectivity index (χ0n) is 12.0. The number of oxime groups is 1. The fraction of sp³-hybridized carbons (Fsp3) is 0.312. The maximum Gasteiger partial charge on any atom is 0.106 e. The Kier molecular flexibility index (Phi) is 3.88. The van der Waals surface area contributed by atoms with Crippen LogP contribution in [-0.2, 0) is 11.3 Å². The van der Waals surface area contributed by atoms with E-state index in [1.165, 1.54) is 0 Å². The van der Waals surface area contributed by atoms with Crippen molar-refractivity contribution in [3.8, 4) is 11.3 Å². The second kappa shape index (κ2) is 5.82. The summed E-state index contributed by atoms with van der Waals surface area (Å²) in [5.74, 6) is 0.502. The van der Waals surface area contributed by atoms with Gasteiger partial charge < -0.3 is 4.84 Å². The standard InChI is InChI=1S/C16H16ClN3O/c1-10-7-15-13(16(8-10)20-21-2)9-14(18-19-15)11-3-5-12(17)6-4-11/h3-6,9-10H,7-8H2,1-2H3/t10-/m0/s1. The van der Waals surface area contributed by atoms with Crippen LogP contribution in [0.25, 0.3) is 11.3 Å². The van der Waals surface area contributed by atoms with Crippen LogP contribution in [0.15, 0.2) is 35.5 Å². The van der Waals surface area contributed by atoms with Gasteiger partial charge in [0.15, 0.2) is 0 Å². The van der Waals surface area contributed by atoms with Crippen LogP contribution in [0.2, 0.25) is 5.02 Å². The summed E-state index contributed by atoms with van der Waals surface area (Å²) in [5, 5.41) is 13.6. The van der Waals surface area contributed by atoms with E-state index >= 15 is 0 Å². The van der Waals surface area contributed by atoms with Crippen LogP contribution in [0.4, 0.5) is 0 Å². The van der Waals surface area contributed by atoms with Crippen LogP contribution in [0.3, 0.4) is 0 Å². The van der Waals surface area contributed by atoms with Gasteiger partial charge in [0.25, 0.3) is 0 Å². The van der Waals surface area contributed by atoms with E-state index in [-0.39, 0.29) is 0 Å². The van der Waals surface area contributed by atoms with E-state index in [1.807, 2.05) is 30.3 Å². The quantitative estimate of drug-likeness (QED) is 0.794. The number of halogens is 1. The Morgan fingerprint density at radius 2 is 1.95 bits per heavy atom. The molecule has 0 saturated carbocycles. The lowest BCUT2D eigenvalue weighted by molar-refractivity contribution is 0.212. The van der Waals surface area contributed by atoms with E-state index in [1.54, 1.807) is 7.11 Å². The maximum atomic E-state index is 5.92. The van der Waals surface area contributed by atoms with Crippen LogP contribution in [0, 0.1) is 5.92 Å². The molecule has 0 radical (unpaired) electrons. The topological polar surface area (TPSA) is 47.4 Å². The molecule has 108 valence electrons. The fourth-order valence-corrected chi connectivity index (χ4v) is 2.74. The summed E-state index contributed by atoms with van der Waals surface area (Å²) >= 11 is 5.92. The molecule has 3 rings (SSSR count). The molecule has 2 aromatic rings. The molecule has 21 heavy (non-hydrogen) atoms. The Morgan fingerprint density at radius 1 is 1.19 bits per heavy atom. The highest BCUT2D eigenvalue weighted by Gasteiger charge is 2.23. The molecule has 1 heterocycles. The third kappa shape index (κ3) is 2.90. The van der Waals surface area contributed by atoms with Gasteiger partial charge in [-0.1, -0.05) is 35.8 Å². The molecule has 5 heteroatoms. The molecule has 0 aliphatic heterocycles. The van der Waals surface area contributed by atoms with Crippen LogP contribution in [0.1, 0.15) is 24.6 Å². The van der Waals surface area contributed by atoms with Crippen molar-refractivity contribution in [1.29, 1.82) is 0 Å². The van der Waals surface area contributed by atoms with Crippen LogP contribution in [-0.4, -0.2) is 23.0 Å². The van der Waals surface area contributed by atoms with E-state index < -0.39 is 0 Å². The molecule has 1 atom stereocenters. The van der Waals surface area contributed by atoms with Crippen molar-refractivity contribution in [1.82, 2.24) is 10.2 Å². The molecule has 0 bridgehead atoms. The number of aromatic nitrogens is 2. The van der Waals surface area contributed by atoms with Gasteiger partial charge in [-0.05, 0) is 37.0 Å². The number of rotatable bonds is 2. The minimum atomic E-state index is 0.502. The van der Waals surface area contributed by atoms with E-state index in [2.05, 4.69) is 22.3 Å². The van der Waals surface area contributed by atoms with Gasteiger partial charge in [-0.25, -0.2) is 0 Å². The van der Waals surface area contributed by atoms with E-state index in [0.29, 0.717) is 10.9 Å². The number of hydrogen-bond donors (Lipinski definition) is 0. The lowest BCUT2D eigenvalue weighted by Gasteiger charge is -2.21. The monoisotopic (exact) mass is 301 g/mol. The van der Waals surface area contributed by atoms with Gasteiger partial charge in [0.2, 0.25) is 0 Å². The molecule has 1 aliphatic carbocycles. The van der Waals surface area contributed by atoms with Gasteiger partial charge in [0.05, 0.1) is 17.1 Å². The highest BCUT2D eigenvalue weighted by Crippen LogP contribution is 2.27. The predicted molar refractivity (Wildman–Crippen MR) is 83.5 cm³/mol. The van der Waals surface area contributed by atoms with Gasteiger partial charge >= 0.3 is 0 Å². The molecule has 4 nitrogen and oxygen atoms in total. The van der Waals surface area contributed by atoms with Crippen molar-refractivity contribution >= 4 is 17.3 Å². The number of nitrogens with zero attached hydrogens (tertiary/aromatic N) is 3. The van der Waals surface area contributed by atoms with E-state index in [0.717, 1.165) is 41.1 Å². The van der Waals surface area contributed by atoms with Gasteiger partial charge in [0.1, 0.15) is 7.11 Å². The second-order valence-corrected chi connectivity index (χ2v) is 5.77. The molecular weight excluding hydrogens is 286 g/mol. The lowest BCUT2D eigenvalue weighted by Crippen LogP contribution is -2.21. The van der Waals surface area contributed by atoms with E-state index in [9.17, 15) is 0 Å². The minimum Gasteiger partial charge on any atom is -0.399 e. The Balaban J connectivity index is 2.05. The van der Waals surface area contributed by atoms with Crippen LogP contribution < -0.4 is 0 Å². The van der Waals surface area contributed by atoms with Crippen molar-refractivity contribution in [2.75, 3.05) is 7.11 Å². The molecule has 0 saturated heterocycles. The first kappa shape index (κ1) is 14.0. The number of benzene rings is 1. The van der Waals surface area contributed by atoms with Crippen molar-refractivity contribution < 1.29 is 4.84 Å². The Bertz CT molecular complexity index is 682. The summed E-state index contributed by atoms with van der Waals surface area (Å²) in [6.45, 7) is 2.18. The summed E-state index contributed by atoms with van der Waals surface area (Å²) in [5.41, 5.74) is 4.78. The molecule has 1 aliphatic rings. The Labute approximate surface area is 128 Å². The summed E-state index contributed by atoms with van der Waals surface area (Å²) in [6, 6.07) is 9.62. The van der Waals surface area contributed by atoms with Crippen molar-refractivity contribution in [2.24, 2.45) is 11.1 Å². The summed E-state index contributed by atoms with van der Waals surface area (Å²) in [6.07, 6.45) is 1.82. The predicted octanol–water partition coefficient (Wildman–Crippen LogP) is 3.73. The zero-order valence-corrected chi connectivity index (χ0v) is 12.8. The zero-order chi connectivity index (χ0) is 14.8. The molecule has 1 aromatic carbocycles. The summed E-state index contributed by atoms with van der Waals surface area (Å²) in [4.78, 5) is 4.97. The first-order valence-electron chi connectivity index (χ1n) is 6.90. The van der Waals surface area contributed by atoms with Crippen molar-refractivity contribution in [2.45, 2.75) is 19.8 Å². The molecule has 0 unspecified atom stereocenters. The SMILES string of the molecule is CON=C1C[C@@H](C)Cc2nnc(-c3ccc(Cl)cc3)cc21. The van der Waals surface area contributed by atoms with Crippen molar-refractivity contribution in [3.63, 3.8) is 0 Å². The summed E-state index contributed by atoms with van der Waals surface area (Å²) in [7, 11) is 1.57. The molecule has 0 spiro atoms. The van der Waals surface area contributed by atoms with Crippen LogP contribution in [0.5, 0.6) is 0 Å². The first-order chi connectivity index (χ1) is 10.2. The smallest absolute Gasteiger partial charge is 0.106 e. The number of hydrogen-bond acceptors (Lipinski definition) is 4. The average Bonchev–Trinajstić information content (AvgIpc) is 2.48. The number of fused-ring (bicyclic) bond motifs is 1. The molecule has 0 N–H and O–H groups in total. The minimum absolute atomic E-state index is 0.502. The van der Waals surface area contributed by atoms with Gasteiger partial charge in [-0.15, -0.1) is 0 Å². The maximum absolute atomic E-state index is 5.92. The Hall–Kier alpha value is -1.94. The lowest BCUT2D eigenvalue weighted by atomic mass is 9.86. The first-order valence-corrected chi connectivity index (χ1v) is 7.28. The fourth-order valence-electron chi connectivity index (χ4n) is 2.62. The summed E-state index contributed by atoms with van der Waals surface area (Å²) < 4.78 is 0. The third-order valence-electron chi connectivity index (χ3n) is 3.61. The van der Waals surface area contributed by atoms with Gasteiger partial charge in [0, 0.05) is 16.1 Å². The Morgan fingerprint density at radius 3 is 2.67 bits per heavy atom. The van der Waals surface area contributed by atoms with Crippen LogP contribution >= 0.6 is 11.6 Å². The normalized spacial score (nSPS) is 19.4. The third-order valence-corrected chi connectivity index (χ3v) is 3.86. The van der Waals surface area contributed by atoms with Gasteiger partial charge in [-0.2, -0.15) is 10.2 Å².